The zero-order valence-electron chi connectivity index (χ0n) is 11.6. The van der Waals surface area contributed by atoms with E-state index in [0.29, 0.717) is 18.1 Å². The van der Waals surface area contributed by atoms with Gasteiger partial charge in [-0.05, 0) is 47.0 Å². The normalized spacial score (nSPS) is 18.8. The van der Waals surface area contributed by atoms with Crippen molar-refractivity contribution in [3.63, 3.8) is 0 Å². The van der Waals surface area contributed by atoms with Crippen LogP contribution in [0.2, 0.25) is 0 Å². The van der Waals surface area contributed by atoms with Gasteiger partial charge in [-0.1, -0.05) is 11.6 Å². The van der Waals surface area contributed by atoms with E-state index in [9.17, 15) is 4.79 Å². The minimum Gasteiger partial charge on any atom is -0.496 e. The Bertz CT molecular complexity index is 669. The maximum Gasteiger partial charge on any atom is 0.237 e. The average molecular weight is 351 g/mol. The fourth-order valence-electron chi connectivity index (χ4n) is 2.54. The molecule has 5 nitrogen and oxygen atoms in total. The number of halogens is 1. The predicted molar refractivity (Wildman–Crippen MR) is 80.2 cm³/mol. The summed E-state index contributed by atoms with van der Waals surface area (Å²) in [5.74, 6) is 1.63. The first kappa shape index (κ1) is 14.3. The van der Waals surface area contributed by atoms with Crippen molar-refractivity contribution in [2.24, 2.45) is 0 Å². The summed E-state index contributed by atoms with van der Waals surface area (Å²) < 4.78 is 11.3. The minimum atomic E-state index is -0.235. The van der Waals surface area contributed by atoms with Gasteiger partial charge in [-0.25, -0.2) is 0 Å². The number of hydrogen-bond donors (Lipinski definition) is 0. The van der Waals surface area contributed by atoms with Crippen molar-refractivity contribution in [3.05, 3.63) is 28.6 Å². The first-order valence-corrected chi connectivity index (χ1v) is 7.68. The van der Waals surface area contributed by atoms with Crippen LogP contribution in [0.1, 0.15) is 37.5 Å². The summed E-state index contributed by atoms with van der Waals surface area (Å²) in [6, 6.07) is 5.57. The van der Waals surface area contributed by atoms with Crippen LogP contribution in [-0.2, 0) is 4.79 Å². The molecule has 1 atom stereocenters. The lowest BCUT2D eigenvalue weighted by molar-refractivity contribution is -0.122. The molecule has 0 bridgehead atoms. The summed E-state index contributed by atoms with van der Waals surface area (Å²) in [5, 5.41) is 3.99. The van der Waals surface area contributed by atoms with E-state index >= 15 is 0 Å². The number of carbonyl (C=O) groups excluding carboxylic acids is 1. The van der Waals surface area contributed by atoms with Gasteiger partial charge < -0.3 is 9.26 Å². The van der Waals surface area contributed by atoms with Gasteiger partial charge in [-0.15, -0.1) is 0 Å². The van der Waals surface area contributed by atoms with Gasteiger partial charge in [0.25, 0.3) is 0 Å². The quantitative estimate of drug-likeness (QED) is 0.843. The third-order valence-corrected chi connectivity index (χ3v) is 4.32. The summed E-state index contributed by atoms with van der Waals surface area (Å²) in [4.78, 5) is 16.3. The van der Waals surface area contributed by atoms with Gasteiger partial charge in [0.2, 0.25) is 11.7 Å². The molecule has 0 N–H and O–H groups in total. The standard InChI is InChI=1S/C15H15BrN2O3/c1-20-13-7-6-9(8-11(13)16)14-17-15(21-18-14)10-4-2-3-5-12(10)19/h6-8,10H,2-5H2,1H3. The third-order valence-electron chi connectivity index (χ3n) is 3.70. The monoisotopic (exact) mass is 350 g/mol. The molecule has 1 unspecified atom stereocenters. The lowest BCUT2D eigenvalue weighted by Crippen LogP contribution is -2.17. The second-order valence-electron chi connectivity index (χ2n) is 5.07. The number of carbonyl (C=O) groups is 1. The van der Waals surface area contributed by atoms with E-state index in [1.165, 1.54) is 0 Å². The number of hydrogen-bond acceptors (Lipinski definition) is 5. The zero-order chi connectivity index (χ0) is 14.8. The van der Waals surface area contributed by atoms with Gasteiger partial charge in [0.15, 0.2) is 0 Å². The largest absolute Gasteiger partial charge is 0.496 e. The fourth-order valence-corrected chi connectivity index (χ4v) is 3.08. The molecule has 6 heteroatoms. The molecule has 0 amide bonds. The molecule has 0 aliphatic heterocycles. The molecular formula is C15H15BrN2O3. The highest BCUT2D eigenvalue weighted by molar-refractivity contribution is 9.10. The Morgan fingerprint density at radius 3 is 2.95 bits per heavy atom. The highest BCUT2D eigenvalue weighted by atomic mass is 79.9. The van der Waals surface area contributed by atoms with E-state index in [1.807, 2.05) is 18.2 Å². The van der Waals surface area contributed by atoms with Gasteiger partial charge in [0.1, 0.15) is 11.5 Å². The van der Waals surface area contributed by atoms with E-state index in [-0.39, 0.29) is 11.7 Å². The van der Waals surface area contributed by atoms with Gasteiger partial charge in [0, 0.05) is 12.0 Å². The number of methoxy groups -OCH3 is 1. The molecule has 1 aliphatic carbocycles. The summed E-state index contributed by atoms with van der Waals surface area (Å²) in [6.45, 7) is 0. The first-order chi connectivity index (χ1) is 10.2. The molecule has 21 heavy (non-hydrogen) atoms. The number of ether oxygens (including phenoxy) is 1. The van der Waals surface area contributed by atoms with Crippen molar-refractivity contribution in [2.75, 3.05) is 7.11 Å². The number of rotatable bonds is 3. The molecule has 1 heterocycles. The number of Topliss-reactive ketones (excluding diaryl/α,β-unsaturated/α-hetero) is 1. The number of nitrogens with zero attached hydrogens (tertiary/aromatic N) is 2. The van der Waals surface area contributed by atoms with Gasteiger partial charge in [0.05, 0.1) is 17.5 Å². The Morgan fingerprint density at radius 2 is 2.24 bits per heavy atom. The number of aromatic nitrogens is 2. The van der Waals surface area contributed by atoms with Gasteiger partial charge >= 0.3 is 0 Å². The van der Waals surface area contributed by atoms with E-state index < -0.39 is 0 Å². The molecule has 0 radical (unpaired) electrons. The molecule has 110 valence electrons. The Hall–Kier alpha value is -1.69. The topological polar surface area (TPSA) is 65.2 Å². The molecule has 2 aromatic rings. The second kappa shape index (κ2) is 5.97. The van der Waals surface area contributed by atoms with Crippen LogP contribution in [0, 0.1) is 0 Å². The molecule has 1 aliphatic rings. The molecule has 3 rings (SSSR count). The smallest absolute Gasteiger partial charge is 0.237 e. The van der Waals surface area contributed by atoms with E-state index in [1.54, 1.807) is 7.11 Å². The van der Waals surface area contributed by atoms with E-state index in [4.69, 9.17) is 9.26 Å². The molecule has 1 saturated carbocycles. The number of benzene rings is 1. The van der Waals surface area contributed by atoms with E-state index in [2.05, 4.69) is 26.1 Å². The maximum atomic E-state index is 11.9. The van der Waals surface area contributed by atoms with Crippen molar-refractivity contribution in [1.29, 1.82) is 0 Å². The second-order valence-corrected chi connectivity index (χ2v) is 5.92. The highest BCUT2D eigenvalue weighted by Crippen LogP contribution is 2.32. The van der Waals surface area contributed by atoms with Crippen LogP contribution < -0.4 is 4.74 Å². The molecule has 1 aromatic heterocycles. The van der Waals surface area contributed by atoms with Crippen LogP contribution in [-0.4, -0.2) is 23.0 Å². The lowest BCUT2D eigenvalue weighted by atomic mass is 9.88. The van der Waals surface area contributed by atoms with E-state index in [0.717, 1.165) is 35.0 Å². The first-order valence-electron chi connectivity index (χ1n) is 6.89. The fraction of sp³-hybridized carbons (Fsp3) is 0.400. The predicted octanol–water partition coefficient (Wildman–Crippen LogP) is 3.73. The molecule has 0 saturated heterocycles. The van der Waals surface area contributed by atoms with Crippen LogP contribution in [0.15, 0.2) is 27.2 Å². The van der Waals surface area contributed by atoms with Gasteiger partial charge in [-0.3, -0.25) is 4.79 Å². The Morgan fingerprint density at radius 1 is 1.38 bits per heavy atom. The van der Waals surface area contributed by atoms with Crippen molar-refractivity contribution in [1.82, 2.24) is 10.1 Å². The zero-order valence-corrected chi connectivity index (χ0v) is 13.2. The molecule has 1 aromatic carbocycles. The maximum absolute atomic E-state index is 11.9. The average Bonchev–Trinajstić information content (AvgIpc) is 2.97. The van der Waals surface area contributed by atoms with Crippen molar-refractivity contribution < 1.29 is 14.1 Å². The summed E-state index contributed by atoms with van der Waals surface area (Å²) in [6.07, 6.45) is 3.40. The summed E-state index contributed by atoms with van der Waals surface area (Å²) >= 11 is 3.43. The third kappa shape index (κ3) is 2.85. The van der Waals surface area contributed by atoms with Crippen molar-refractivity contribution >= 4 is 21.7 Å². The Labute approximate surface area is 130 Å². The Kier molecular flexibility index (Phi) is 4.05. The van der Waals surface area contributed by atoms with Crippen LogP contribution in [0.3, 0.4) is 0 Å². The van der Waals surface area contributed by atoms with Crippen molar-refractivity contribution in [3.8, 4) is 17.1 Å². The lowest BCUT2D eigenvalue weighted by Gasteiger charge is -2.16. The highest BCUT2D eigenvalue weighted by Gasteiger charge is 2.29. The molecule has 0 spiro atoms. The summed E-state index contributed by atoms with van der Waals surface area (Å²) in [7, 11) is 1.61. The van der Waals surface area contributed by atoms with Crippen molar-refractivity contribution in [2.45, 2.75) is 31.6 Å². The number of ketones is 1. The van der Waals surface area contributed by atoms with Crippen LogP contribution in [0.5, 0.6) is 5.75 Å². The van der Waals surface area contributed by atoms with Gasteiger partial charge in [-0.2, -0.15) is 4.98 Å². The van der Waals surface area contributed by atoms with Crippen LogP contribution >= 0.6 is 15.9 Å². The molecule has 1 fully saturated rings. The van der Waals surface area contributed by atoms with Crippen LogP contribution in [0.25, 0.3) is 11.4 Å². The minimum absolute atomic E-state index is 0.201. The Balaban J connectivity index is 1.87. The van der Waals surface area contributed by atoms with Crippen LogP contribution in [0.4, 0.5) is 0 Å². The SMILES string of the molecule is COc1ccc(-c2noc(C3CCCCC3=O)n2)cc1Br. The summed E-state index contributed by atoms with van der Waals surface area (Å²) in [5.41, 5.74) is 0.820. The molecular weight excluding hydrogens is 336 g/mol.